The molecule has 0 radical (unpaired) electrons. The number of rotatable bonds is 2. The Hall–Kier alpha value is -1.06. The van der Waals surface area contributed by atoms with Crippen LogP contribution in [0.25, 0.3) is 0 Å². The summed E-state index contributed by atoms with van der Waals surface area (Å²) >= 11 is 0. The monoisotopic (exact) mass is 249 g/mol. The molecule has 0 bridgehead atoms. The molecule has 1 N–H and O–H groups in total. The topological polar surface area (TPSA) is 32.7 Å². The Balaban J connectivity index is 2.13. The quantitative estimate of drug-likeness (QED) is 0.874. The minimum absolute atomic E-state index is 0.0944. The molecule has 0 saturated carbocycles. The number of hydrogen-bond donors (Lipinski definition) is 1. The molecule has 0 amide bonds. The van der Waals surface area contributed by atoms with Gasteiger partial charge >= 0.3 is 0 Å². The fraction of sp³-hybridized carbons (Fsp3) is 0.600. The standard InChI is InChI=1S/C15H23NO2/c1-11-9-16(10-15(3,4)18-11)12(2)13-5-7-14(17)8-6-13/h5-8,11-12,17H,9-10H2,1-4H3. The molecule has 0 aromatic heterocycles. The maximum Gasteiger partial charge on any atom is 0.115 e. The summed E-state index contributed by atoms with van der Waals surface area (Å²) in [6, 6.07) is 7.83. The highest BCUT2D eigenvalue weighted by Crippen LogP contribution is 2.29. The van der Waals surface area contributed by atoms with Crippen LogP contribution in [0.15, 0.2) is 24.3 Å². The van der Waals surface area contributed by atoms with Crippen LogP contribution in [0.2, 0.25) is 0 Å². The Morgan fingerprint density at radius 3 is 2.50 bits per heavy atom. The average Bonchev–Trinajstić information content (AvgIpc) is 2.26. The second kappa shape index (κ2) is 4.90. The van der Waals surface area contributed by atoms with E-state index in [1.54, 1.807) is 12.1 Å². The van der Waals surface area contributed by atoms with E-state index in [1.165, 1.54) is 5.56 Å². The summed E-state index contributed by atoms with van der Waals surface area (Å²) < 4.78 is 5.93. The molecule has 2 rings (SSSR count). The van der Waals surface area contributed by atoms with Crippen molar-refractivity contribution < 1.29 is 9.84 Å². The van der Waals surface area contributed by atoms with Crippen molar-refractivity contribution in [3.05, 3.63) is 29.8 Å². The first-order chi connectivity index (χ1) is 8.37. The Morgan fingerprint density at radius 1 is 1.33 bits per heavy atom. The van der Waals surface area contributed by atoms with Crippen LogP contribution in [0.4, 0.5) is 0 Å². The highest BCUT2D eigenvalue weighted by molar-refractivity contribution is 5.27. The maximum absolute atomic E-state index is 9.34. The van der Waals surface area contributed by atoms with Gasteiger partial charge in [0.1, 0.15) is 5.75 Å². The van der Waals surface area contributed by atoms with Crippen LogP contribution in [-0.4, -0.2) is 34.8 Å². The number of hydrogen-bond acceptors (Lipinski definition) is 3. The first kappa shape index (κ1) is 13.4. The Labute approximate surface area is 109 Å². The van der Waals surface area contributed by atoms with Crippen molar-refractivity contribution in [2.24, 2.45) is 0 Å². The molecule has 1 aromatic rings. The van der Waals surface area contributed by atoms with Gasteiger partial charge < -0.3 is 9.84 Å². The molecule has 0 aliphatic carbocycles. The van der Waals surface area contributed by atoms with Crippen LogP contribution in [0.5, 0.6) is 5.75 Å². The summed E-state index contributed by atoms with van der Waals surface area (Å²) in [4.78, 5) is 2.44. The van der Waals surface area contributed by atoms with Crippen molar-refractivity contribution in [3.63, 3.8) is 0 Å². The van der Waals surface area contributed by atoms with Crippen LogP contribution >= 0.6 is 0 Å². The zero-order valence-corrected chi connectivity index (χ0v) is 11.7. The summed E-state index contributed by atoms with van der Waals surface area (Å²) in [5.41, 5.74) is 1.14. The molecule has 3 nitrogen and oxygen atoms in total. The van der Waals surface area contributed by atoms with Crippen molar-refractivity contribution in [3.8, 4) is 5.75 Å². The van der Waals surface area contributed by atoms with E-state index in [2.05, 4.69) is 32.6 Å². The van der Waals surface area contributed by atoms with Crippen molar-refractivity contribution in [1.82, 2.24) is 4.90 Å². The van der Waals surface area contributed by atoms with Crippen LogP contribution < -0.4 is 0 Å². The lowest BCUT2D eigenvalue weighted by molar-refractivity contribution is -0.137. The molecule has 1 aromatic carbocycles. The number of morpholine rings is 1. The summed E-state index contributed by atoms with van der Waals surface area (Å²) in [6.45, 7) is 10.5. The van der Waals surface area contributed by atoms with Gasteiger partial charge in [0.25, 0.3) is 0 Å². The van der Waals surface area contributed by atoms with E-state index in [4.69, 9.17) is 4.74 Å². The third-order valence-electron chi connectivity index (χ3n) is 3.52. The van der Waals surface area contributed by atoms with Crippen molar-refractivity contribution in [2.45, 2.75) is 45.4 Å². The first-order valence-electron chi connectivity index (χ1n) is 6.58. The van der Waals surface area contributed by atoms with Gasteiger partial charge in [-0.2, -0.15) is 0 Å². The van der Waals surface area contributed by atoms with E-state index < -0.39 is 0 Å². The third-order valence-corrected chi connectivity index (χ3v) is 3.52. The minimum atomic E-state index is -0.0944. The molecule has 1 aliphatic heterocycles. The van der Waals surface area contributed by atoms with Crippen LogP contribution in [0.1, 0.15) is 39.3 Å². The van der Waals surface area contributed by atoms with E-state index in [9.17, 15) is 5.11 Å². The smallest absolute Gasteiger partial charge is 0.115 e. The fourth-order valence-corrected chi connectivity index (χ4v) is 2.76. The van der Waals surface area contributed by atoms with Gasteiger partial charge in [-0.15, -0.1) is 0 Å². The predicted octanol–water partition coefficient (Wildman–Crippen LogP) is 2.95. The van der Waals surface area contributed by atoms with Gasteiger partial charge in [0.05, 0.1) is 11.7 Å². The van der Waals surface area contributed by atoms with E-state index in [1.807, 2.05) is 12.1 Å². The molecule has 100 valence electrons. The molecule has 18 heavy (non-hydrogen) atoms. The number of nitrogens with zero attached hydrogens (tertiary/aromatic N) is 1. The number of aromatic hydroxyl groups is 1. The average molecular weight is 249 g/mol. The van der Waals surface area contributed by atoms with E-state index in [0.29, 0.717) is 11.8 Å². The minimum Gasteiger partial charge on any atom is -0.508 e. The van der Waals surface area contributed by atoms with Crippen LogP contribution in [0, 0.1) is 0 Å². The third kappa shape index (κ3) is 3.03. The van der Waals surface area contributed by atoms with Gasteiger partial charge in [-0.3, -0.25) is 4.90 Å². The zero-order valence-electron chi connectivity index (χ0n) is 11.7. The lowest BCUT2D eigenvalue weighted by atomic mass is 10.0. The molecule has 3 heteroatoms. The van der Waals surface area contributed by atoms with Gasteiger partial charge in [0, 0.05) is 19.1 Å². The van der Waals surface area contributed by atoms with Gasteiger partial charge in [0.2, 0.25) is 0 Å². The molecule has 1 saturated heterocycles. The lowest BCUT2D eigenvalue weighted by Crippen LogP contribution is -2.52. The predicted molar refractivity (Wildman–Crippen MR) is 72.7 cm³/mol. The molecule has 1 fully saturated rings. The van der Waals surface area contributed by atoms with E-state index in [-0.39, 0.29) is 11.7 Å². The van der Waals surface area contributed by atoms with Crippen LogP contribution in [0.3, 0.4) is 0 Å². The molecule has 2 unspecified atom stereocenters. The Bertz CT molecular complexity index is 399. The maximum atomic E-state index is 9.34. The van der Waals surface area contributed by atoms with Crippen molar-refractivity contribution >= 4 is 0 Å². The van der Waals surface area contributed by atoms with Gasteiger partial charge in [-0.05, 0) is 45.4 Å². The van der Waals surface area contributed by atoms with Crippen molar-refractivity contribution in [1.29, 1.82) is 0 Å². The highest BCUT2D eigenvalue weighted by atomic mass is 16.5. The highest BCUT2D eigenvalue weighted by Gasteiger charge is 2.33. The van der Waals surface area contributed by atoms with E-state index in [0.717, 1.165) is 13.1 Å². The van der Waals surface area contributed by atoms with Gasteiger partial charge in [-0.1, -0.05) is 12.1 Å². The van der Waals surface area contributed by atoms with E-state index >= 15 is 0 Å². The van der Waals surface area contributed by atoms with Gasteiger partial charge in [-0.25, -0.2) is 0 Å². The fourth-order valence-electron chi connectivity index (χ4n) is 2.76. The second-order valence-electron chi connectivity index (χ2n) is 5.89. The summed E-state index contributed by atoms with van der Waals surface area (Å²) in [5.74, 6) is 0.321. The molecule has 1 aliphatic rings. The summed E-state index contributed by atoms with van der Waals surface area (Å²) in [7, 11) is 0. The Morgan fingerprint density at radius 2 is 1.94 bits per heavy atom. The Kier molecular flexibility index (Phi) is 3.64. The largest absolute Gasteiger partial charge is 0.508 e. The molecule has 1 heterocycles. The SMILES string of the molecule is CC1CN(C(C)c2ccc(O)cc2)CC(C)(C)O1. The number of phenolic OH excluding ortho intramolecular Hbond substituents is 1. The molecule has 2 atom stereocenters. The van der Waals surface area contributed by atoms with Crippen molar-refractivity contribution in [2.75, 3.05) is 13.1 Å². The summed E-state index contributed by atoms with van der Waals surface area (Å²) in [6.07, 6.45) is 0.258. The number of benzene rings is 1. The number of phenols is 1. The zero-order chi connectivity index (χ0) is 13.3. The summed E-state index contributed by atoms with van der Waals surface area (Å²) in [5, 5.41) is 9.34. The van der Waals surface area contributed by atoms with Crippen LogP contribution in [-0.2, 0) is 4.74 Å². The van der Waals surface area contributed by atoms with Gasteiger partial charge in [0.15, 0.2) is 0 Å². The lowest BCUT2D eigenvalue weighted by Gasteiger charge is -2.44. The second-order valence-corrected chi connectivity index (χ2v) is 5.89. The normalized spacial score (nSPS) is 25.9. The molecular weight excluding hydrogens is 226 g/mol. The molecule has 0 spiro atoms. The first-order valence-corrected chi connectivity index (χ1v) is 6.58. The molecular formula is C15H23NO2. The number of ether oxygens (including phenoxy) is 1.